The highest BCUT2D eigenvalue weighted by Gasteiger charge is 2.55. The van der Waals surface area contributed by atoms with E-state index in [4.69, 9.17) is 24.9 Å². The number of hydrogen-bond acceptors (Lipinski definition) is 6. The summed E-state index contributed by atoms with van der Waals surface area (Å²) in [6, 6.07) is 22.1. The van der Waals surface area contributed by atoms with Gasteiger partial charge in [0.05, 0.1) is 0 Å². The zero-order chi connectivity index (χ0) is 31.5. The normalized spacial score (nSPS) is 21.2. The Kier molecular flexibility index (Phi) is 5.52. The lowest BCUT2D eigenvalue weighted by molar-refractivity contribution is 0.390. The maximum Gasteiger partial charge on any atom is 0.156 e. The Bertz CT molecular complexity index is 2120. The van der Waals surface area contributed by atoms with Gasteiger partial charge in [-0.15, -0.1) is 0 Å². The summed E-state index contributed by atoms with van der Waals surface area (Å²) in [5, 5.41) is 0. The van der Waals surface area contributed by atoms with Crippen molar-refractivity contribution in [3.8, 4) is 0 Å². The van der Waals surface area contributed by atoms with Gasteiger partial charge in [-0.05, 0) is 80.6 Å². The van der Waals surface area contributed by atoms with Gasteiger partial charge in [0.2, 0.25) is 0 Å². The molecule has 0 radical (unpaired) electrons. The summed E-state index contributed by atoms with van der Waals surface area (Å²) in [4.78, 5) is 36.4. The average molecular weight is 605 g/mol. The smallest absolute Gasteiger partial charge is 0.156 e. The maximum atomic E-state index is 5.28. The second-order valence-electron chi connectivity index (χ2n) is 15.1. The Morgan fingerprint density at radius 1 is 0.457 bits per heavy atom. The lowest BCUT2D eigenvalue weighted by Crippen LogP contribution is -2.36. The van der Waals surface area contributed by atoms with Gasteiger partial charge in [0, 0.05) is 23.7 Å². The molecule has 2 aliphatic heterocycles. The molecule has 2 aromatic carbocycles. The third-order valence-corrected chi connectivity index (χ3v) is 10.0. The zero-order valence-electron chi connectivity index (χ0n) is 26.9. The molecule has 0 fully saturated rings. The van der Waals surface area contributed by atoms with Crippen LogP contribution in [-0.4, -0.2) is 39.9 Å². The van der Waals surface area contributed by atoms with Crippen LogP contribution in [0.1, 0.15) is 122 Å². The van der Waals surface area contributed by atoms with Crippen LogP contribution in [0.3, 0.4) is 0 Å². The molecule has 0 saturated heterocycles. The van der Waals surface area contributed by atoms with Crippen LogP contribution in [0.25, 0.3) is 34.7 Å². The van der Waals surface area contributed by atoms with E-state index < -0.39 is 0 Å². The van der Waals surface area contributed by atoms with Crippen molar-refractivity contribution in [2.75, 3.05) is 0 Å². The van der Waals surface area contributed by atoms with Crippen molar-refractivity contribution in [3.63, 3.8) is 0 Å². The molecule has 2 N–H and O–H groups in total. The highest BCUT2D eigenvalue weighted by Crippen LogP contribution is 2.65. The zero-order valence-corrected chi connectivity index (χ0v) is 26.9. The summed E-state index contributed by atoms with van der Waals surface area (Å²) < 4.78 is 0. The first-order chi connectivity index (χ1) is 22.0. The van der Waals surface area contributed by atoms with Gasteiger partial charge in [0.15, 0.2) is 11.6 Å². The fourth-order valence-electron chi connectivity index (χ4n) is 7.76. The molecule has 228 valence electrons. The molecule has 5 heterocycles. The molecule has 5 aromatic rings. The van der Waals surface area contributed by atoms with Crippen LogP contribution in [0.5, 0.6) is 0 Å². The van der Waals surface area contributed by atoms with Crippen molar-refractivity contribution in [2.45, 2.75) is 76.0 Å². The van der Waals surface area contributed by atoms with Crippen LogP contribution in [0.4, 0.5) is 0 Å². The molecule has 0 amide bonds. The number of nitrogens with zero attached hydrogens (tertiary/aromatic N) is 6. The van der Waals surface area contributed by atoms with Crippen molar-refractivity contribution < 1.29 is 0 Å². The van der Waals surface area contributed by atoms with Gasteiger partial charge in [-0.25, -0.2) is 29.9 Å². The minimum Gasteiger partial charge on any atom is -0.325 e. The molecule has 5 aliphatic rings. The summed E-state index contributed by atoms with van der Waals surface area (Å²) in [6.45, 7) is 13.7. The average Bonchev–Trinajstić information content (AvgIpc) is 3.81. The molecule has 0 spiro atoms. The van der Waals surface area contributed by atoms with Crippen LogP contribution >= 0.6 is 0 Å². The number of fused-ring (bicyclic) bond motifs is 8. The summed E-state index contributed by atoms with van der Waals surface area (Å²) >= 11 is 0. The lowest BCUT2D eigenvalue weighted by Gasteiger charge is -2.48. The first-order valence-electron chi connectivity index (χ1n) is 16.1. The number of benzene rings is 2. The Hall–Kier alpha value is -4.98. The van der Waals surface area contributed by atoms with Crippen LogP contribution < -0.4 is 0 Å². The SMILES string of the molecule is CC(C)(C)c1ccc2c(c1)C1c3ccc(C(C)(C)C)cc3C2C2c3nc(nc4ccc(nc5nc(nc6ccc(n3)[nH]6)C=C5)[nH]4)C12. The number of aromatic nitrogens is 8. The van der Waals surface area contributed by atoms with Crippen molar-refractivity contribution >= 4 is 34.7 Å². The van der Waals surface area contributed by atoms with Crippen LogP contribution in [-0.2, 0) is 10.8 Å². The molecule has 3 aromatic heterocycles. The second-order valence-corrected chi connectivity index (χ2v) is 15.1. The minimum atomic E-state index is 0.0368. The Morgan fingerprint density at radius 3 is 1.28 bits per heavy atom. The number of hydrogen-bond donors (Lipinski definition) is 2. The van der Waals surface area contributed by atoms with Gasteiger partial charge in [0.1, 0.15) is 34.2 Å². The van der Waals surface area contributed by atoms with E-state index in [2.05, 4.69) is 92.9 Å². The predicted molar refractivity (Wildman–Crippen MR) is 181 cm³/mol. The molecular weight excluding hydrogens is 568 g/mol. The topological polar surface area (TPSA) is 109 Å². The Balaban J connectivity index is 1.34. The van der Waals surface area contributed by atoms with Crippen molar-refractivity contribution in [1.29, 1.82) is 0 Å². The van der Waals surface area contributed by atoms with E-state index in [1.807, 2.05) is 36.4 Å². The van der Waals surface area contributed by atoms with Gasteiger partial charge >= 0.3 is 0 Å². The lowest BCUT2D eigenvalue weighted by atomic mass is 9.54. The predicted octanol–water partition coefficient (Wildman–Crippen LogP) is 7.82. The highest BCUT2D eigenvalue weighted by molar-refractivity contribution is 5.69. The van der Waals surface area contributed by atoms with E-state index in [0.717, 1.165) is 22.9 Å². The first kappa shape index (κ1) is 27.3. The van der Waals surface area contributed by atoms with Crippen molar-refractivity contribution in [3.05, 3.63) is 117 Å². The van der Waals surface area contributed by atoms with E-state index in [9.17, 15) is 0 Å². The standard InChI is InChI=1S/C38H36N8/c1-37(2,3)19-7-9-21-23(17-19)31-22-10-8-20(38(4,5)6)18-24(22)32(21)34-33(31)35-44-29-15-13-27(42-29)40-25-11-12-26(39-25)41-28-14-16-30(43-28)45-36(34)46-35/h7-18,31-34H,1-6H3,(H2,39,40,41,42,43,44,45,46). The van der Waals surface area contributed by atoms with Gasteiger partial charge in [-0.3, -0.25) is 0 Å². The van der Waals surface area contributed by atoms with E-state index in [1.165, 1.54) is 33.4 Å². The highest BCUT2D eigenvalue weighted by atomic mass is 15.1. The molecule has 8 heteroatoms. The third-order valence-electron chi connectivity index (χ3n) is 10.0. The number of rotatable bonds is 0. The fraction of sp³-hybridized carbons (Fsp3) is 0.316. The first-order valence-corrected chi connectivity index (χ1v) is 16.1. The number of H-pyrrole nitrogens is 2. The number of aromatic amines is 2. The molecule has 0 saturated carbocycles. The van der Waals surface area contributed by atoms with E-state index in [1.54, 1.807) is 0 Å². The van der Waals surface area contributed by atoms with Crippen molar-refractivity contribution in [1.82, 2.24) is 39.9 Å². The largest absolute Gasteiger partial charge is 0.325 e. The fourth-order valence-corrected chi connectivity index (χ4v) is 7.76. The number of nitrogens with one attached hydrogen (secondary N) is 2. The summed E-state index contributed by atoms with van der Waals surface area (Å²) in [7, 11) is 0. The maximum absolute atomic E-state index is 5.28. The molecule has 8 nitrogen and oxygen atoms in total. The van der Waals surface area contributed by atoms with Crippen LogP contribution in [0.15, 0.2) is 60.7 Å². The summed E-state index contributed by atoms with van der Waals surface area (Å²) in [6.07, 6.45) is 3.72. The Morgan fingerprint density at radius 2 is 0.870 bits per heavy atom. The van der Waals surface area contributed by atoms with Gasteiger partial charge in [-0.2, -0.15) is 0 Å². The van der Waals surface area contributed by atoms with Crippen LogP contribution in [0.2, 0.25) is 0 Å². The molecule has 4 atom stereocenters. The van der Waals surface area contributed by atoms with Gasteiger partial charge < -0.3 is 9.97 Å². The molecule has 3 aliphatic carbocycles. The summed E-state index contributed by atoms with van der Waals surface area (Å²) in [5.41, 5.74) is 11.1. The molecule has 4 unspecified atom stereocenters. The van der Waals surface area contributed by atoms with Crippen LogP contribution in [0, 0.1) is 0 Å². The minimum absolute atomic E-state index is 0.0368. The van der Waals surface area contributed by atoms with E-state index in [-0.39, 0.29) is 34.5 Å². The van der Waals surface area contributed by atoms with Crippen molar-refractivity contribution in [2.24, 2.45) is 0 Å². The van der Waals surface area contributed by atoms with Gasteiger partial charge in [0.25, 0.3) is 0 Å². The summed E-state index contributed by atoms with van der Waals surface area (Å²) in [5.74, 6) is 3.08. The molecule has 46 heavy (non-hydrogen) atoms. The third kappa shape index (κ3) is 4.19. The van der Waals surface area contributed by atoms with E-state index >= 15 is 0 Å². The monoisotopic (exact) mass is 604 g/mol. The van der Waals surface area contributed by atoms with E-state index in [0.29, 0.717) is 22.9 Å². The molecule has 10 bridgehead atoms. The molecule has 10 rings (SSSR count). The quantitative estimate of drug-likeness (QED) is 0.183. The second kappa shape index (κ2) is 9.28. The molecular formula is C38H36N8. The Labute approximate surface area is 267 Å². The van der Waals surface area contributed by atoms with Gasteiger partial charge in [-0.1, -0.05) is 77.9 Å².